The number of esters is 2. The molecule has 0 N–H and O–H groups in total. The van der Waals surface area contributed by atoms with Crippen molar-refractivity contribution in [2.75, 3.05) is 21.3 Å². The lowest BCUT2D eigenvalue weighted by atomic mass is 9.79. The van der Waals surface area contributed by atoms with Crippen molar-refractivity contribution in [1.82, 2.24) is 0 Å². The molecule has 25 heavy (non-hydrogen) atoms. The van der Waals surface area contributed by atoms with E-state index in [1.807, 2.05) is 43.3 Å². The van der Waals surface area contributed by atoms with Gasteiger partial charge in [-0.2, -0.15) is 0 Å². The van der Waals surface area contributed by atoms with Crippen molar-refractivity contribution in [2.45, 2.75) is 26.2 Å². The van der Waals surface area contributed by atoms with Gasteiger partial charge in [0.2, 0.25) is 0 Å². The molecule has 0 unspecified atom stereocenters. The SMILES string of the molecule is CCC/C=C1\C=C(c2cccc(OC)c2)CC1(C(=O)OC)C(=O)OC. The van der Waals surface area contributed by atoms with Crippen LogP contribution in [-0.2, 0) is 19.1 Å². The third-order valence-corrected chi connectivity index (χ3v) is 4.44. The Bertz CT molecular complexity index is 699. The van der Waals surface area contributed by atoms with Gasteiger partial charge in [-0.05, 0) is 35.3 Å². The van der Waals surface area contributed by atoms with Gasteiger partial charge in [-0.25, -0.2) is 0 Å². The molecule has 0 radical (unpaired) electrons. The van der Waals surface area contributed by atoms with Crippen LogP contribution in [0, 0.1) is 5.41 Å². The van der Waals surface area contributed by atoms with Crippen LogP contribution in [0.5, 0.6) is 5.75 Å². The van der Waals surface area contributed by atoms with Crippen LogP contribution in [-0.4, -0.2) is 33.3 Å². The molecule has 5 heteroatoms. The number of carbonyl (C=O) groups excluding carboxylic acids is 2. The molecule has 0 atom stereocenters. The molecule has 0 fully saturated rings. The summed E-state index contributed by atoms with van der Waals surface area (Å²) in [5, 5.41) is 0. The van der Waals surface area contributed by atoms with E-state index in [1.54, 1.807) is 7.11 Å². The summed E-state index contributed by atoms with van der Waals surface area (Å²) in [6.07, 6.45) is 5.67. The van der Waals surface area contributed by atoms with E-state index in [2.05, 4.69) is 0 Å². The predicted molar refractivity (Wildman–Crippen MR) is 95.0 cm³/mol. The van der Waals surface area contributed by atoms with Crippen LogP contribution in [0.4, 0.5) is 0 Å². The summed E-state index contributed by atoms with van der Waals surface area (Å²) in [6.45, 7) is 2.04. The minimum atomic E-state index is -1.45. The Hall–Kier alpha value is -2.56. The van der Waals surface area contributed by atoms with E-state index in [4.69, 9.17) is 14.2 Å². The van der Waals surface area contributed by atoms with Crippen molar-refractivity contribution in [3.05, 3.63) is 47.6 Å². The predicted octanol–water partition coefficient (Wildman–Crippen LogP) is 3.54. The van der Waals surface area contributed by atoms with Gasteiger partial charge < -0.3 is 14.2 Å². The second-order valence-electron chi connectivity index (χ2n) is 5.91. The molecule has 1 aromatic rings. The van der Waals surface area contributed by atoms with Gasteiger partial charge in [0.15, 0.2) is 5.41 Å². The van der Waals surface area contributed by atoms with Gasteiger partial charge in [0.1, 0.15) is 5.75 Å². The summed E-state index contributed by atoms with van der Waals surface area (Å²) >= 11 is 0. The molecule has 0 heterocycles. The van der Waals surface area contributed by atoms with Crippen LogP contribution in [0.25, 0.3) is 5.57 Å². The highest BCUT2D eigenvalue weighted by atomic mass is 16.5. The van der Waals surface area contributed by atoms with Crippen molar-refractivity contribution in [3.8, 4) is 5.75 Å². The monoisotopic (exact) mass is 344 g/mol. The molecular weight excluding hydrogens is 320 g/mol. The molecule has 134 valence electrons. The number of carbonyl (C=O) groups is 2. The van der Waals surface area contributed by atoms with Gasteiger partial charge in [-0.1, -0.05) is 37.6 Å². The summed E-state index contributed by atoms with van der Waals surface area (Å²) < 4.78 is 15.2. The first kappa shape index (κ1) is 18.8. The van der Waals surface area contributed by atoms with Crippen molar-refractivity contribution in [3.63, 3.8) is 0 Å². The summed E-state index contributed by atoms with van der Waals surface area (Å²) in [4.78, 5) is 25.2. The first-order valence-corrected chi connectivity index (χ1v) is 8.26. The Morgan fingerprint density at radius 2 is 1.84 bits per heavy atom. The Morgan fingerprint density at radius 3 is 2.40 bits per heavy atom. The maximum Gasteiger partial charge on any atom is 0.328 e. The standard InChI is InChI=1S/C20H24O5/c1-5-6-9-16-11-15(14-8-7-10-17(12-14)23-2)13-20(16,18(21)24-3)19(22)25-4/h7-12H,5-6,13H2,1-4H3/b16-9+. The van der Waals surface area contributed by atoms with E-state index in [1.165, 1.54) is 14.2 Å². The molecule has 1 aromatic carbocycles. The first-order valence-electron chi connectivity index (χ1n) is 8.26. The molecule has 1 aliphatic carbocycles. The summed E-state index contributed by atoms with van der Waals surface area (Å²) in [6, 6.07) is 7.53. The minimum absolute atomic E-state index is 0.203. The molecular formula is C20H24O5. The maximum absolute atomic E-state index is 12.6. The highest BCUT2D eigenvalue weighted by molar-refractivity contribution is 6.08. The average molecular weight is 344 g/mol. The third-order valence-electron chi connectivity index (χ3n) is 4.44. The number of unbranched alkanes of at least 4 members (excludes halogenated alkanes) is 1. The maximum atomic E-state index is 12.6. The lowest BCUT2D eigenvalue weighted by Gasteiger charge is -2.25. The van der Waals surface area contributed by atoms with Gasteiger partial charge in [-0.3, -0.25) is 9.59 Å². The molecule has 0 amide bonds. The molecule has 0 saturated carbocycles. The molecule has 0 aliphatic heterocycles. The van der Waals surface area contributed by atoms with Crippen molar-refractivity contribution in [1.29, 1.82) is 0 Å². The van der Waals surface area contributed by atoms with Gasteiger partial charge in [0.05, 0.1) is 21.3 Å². The van der Waals surface area contributed by atoms with Crippen LogP contribution in [0.1, 0.15) is 31.7 Å². The molecule has 0 spiro atoms. The van der Waals surface area contributed by atoms with E-state index in [9.17, 15) is 9.59 Å². The average Bonchev–Trinajstić information content (AvgIpc) is 3.05. The topological polar surface area (TPSA) is 61.8 Å². The second-order valence-corrected chi connectivity index (χ2v) is 5.91. The summed E-state index contributed by atoms with van der Waals surface area (Å²) in [5.74, 6) is -0.488. The van der Waals surface area contributed by atoms with Gasteiger partial charge in [0.25, 0.3) is 0 Å². The molecule has 0 bridgehead atoms. The third kappa shape index (κ3) is 3.45. The van der Waals surface area contributed by atoms with E-state index in [0.29, 0.717) is 11.3 Å². The smallest absolute Gasteiger partial charge is 0.328 e. The van der Waals surface area contributed by atoms with E-state index in [-0.39, 0.29) is 6.42 Å². The van der Waals surface area contributed by atoms with Crippen molar-refractivity contribution < 1.29 is 23.8 Å². The van der Waals surface area contributed by atoms with E-state index in [0.717, 1.165) is 24.0 Å². The molecule has 0 saturated heterocycles. The normalized spacial score (nSPS) is 17.1. The number of hydrogen-bond acceptors (Lipinski definition) is 5. The Morgan fingerprint density at radius 1 is 1.16 bits per heavy atom. The highest BCUT2D eigenvalue weighted by Crippen LogP contribution is 2.48. The van der Waals surface area contributed by atoms with Gasteiger partial charge in [0, 0.05) is 6.42 Å². The number of hydrogen-bond donors (Lipinski definition) is 0. The van der Waals surface area contributed by atoms with Gasteiger partial charge in [-0.15, -0.1) is 0 Å². The fourth-order valence-electron chi connectivity index (χ4n) is 3.10. The van der Waals surface area contributed by atoms with Crippen molar-refractivity contribution in [2.24, 2.45) is 5.41 Å². The summed E-state index contributed by atoms with van der Waals surface area (Å²) in [5.41, 5.74) is 0.955. The number of methoxy groups -OCH3 is 3. The first-order chi connectivity index (χ1) is 12.0. The Labute approximate surface area is 148 Å². The zero-order valence-corrected chi connectivity index (χ0v) is 15.1. The zero-order chi connectivity index (χ0) is 18.4. The number of rotatable bonds is 6. The molecule has 2 rings (SSSR count). The van der Waals surface area contributed by atoms with E-state index >= 15 is 0 Å². The van der Waals surface area contributed by atoms with Gasteiger partial charge >= 0.3 is 11.9 Å². The number of benzene rings is 1. The lowest BCUT2D eigenvalue weighted by Crippen LogP contribution is -2.40. The lowest BCUT2D eigenvalue weighted by molar-refractivity contribution is -0.165. The number of ether oxygens (including phenoxy) is 3. The van der Waals surface area contributed by atoms with Crippen LogP contribution in [0.2, 0.25) is 0 Å². The van der Waals surface area contributed by atoms with Crippen LogP contribution in [0.15, 0.2) is 42.0 Å². The van der Waals surface area contributed by atoms with Crippen LogP contribution < -0.4 is 4.74 Å². The quantitative estimate of drug-likeness (QED) is 0.583. The molecule has 1 aliphatic rings. The van der Waals surface area contributed by atoms with Crippen LogP contribution >= 0.6 is 0 Å². The summed E-state index contributed by atoms with van der Waals surface area (Å²) in [7, 11) is 4.17. The largest absolute Gasteiger partial charge is 0.497 e. The fraction of sp³-hybridized carbons (Fsp3) is 0.400. The zero-order valence-electron chi connectivity index (χ0n) is 15.1. The Balaban J connectivity index is 2.55. The fourth-order valence-corrected chi connectivity index (χ4v) is 3.10. The van der Waals surface area contributed by atoms with Crippen LogP contribution in [0.3, 0.4) is 0 Å². The van der Waals surface area contributed by atoms with E-state index < -0.39 is 17.4 Å². The molecule has 0 aromatic heterocycles. The Kier molecular flexibility index (Phi) is 6.02. The molecule has 5 nitrogen and oxygen atoms in total. The number of allylic oxidation sites excluding steroid dienone is 3. The minimum Gasteiger partial charge on any atom is -0.497 e. The highest BCUT2D eigenvalue weighted by Gasteiger charge is 2.54. The second kappa shape index (κ2) is 8.01. The van der Waals surface area contributed by atoms with Crippen molar-refractivity contribution >= 4 is 17.5 Å².